The second kappa shape index (κ2) is 18.2. The normalized spacial score (nSPS) is 28.7. The molecule has 51 heavy (non-hydrogen) atoms. The van der Waals surface area contributed by atoms with Gasteiger partial charge in [-0.2, -0.15) is 22.0 Å². The van der Waals surface area contributed by atoms with Gasteiger partial charge in [-0.3, -0.25) is 4.21 Å². The van der Waals surface area contributed by atoms with E-state index in [9.17, 15) is 36.1 Å². The molecule has 1 saturated heterocycles. The minimum Gasteiger partial charge on any atom is -0.410 e. The average Bonchev–Trinajstić information content (AvgIpc) is 3.37. The number of benzene rings is 1. The van der Waals surface area contributed by atoms with Crippen LogP contribution >= 0.6 is 12.4 Å². The van der Waals surface area contributed by atoms with Crippen LogP contribution in [0.5, 0.6) is 5.75 Å². The zero-order valence-corrected chi connectivity index (χ0v) is 31.9. The number of aliphatic hydroxyl groups excluding tert-OH is 1. The predicted molar refractivity (Wildman–Crippen MR) is 193 cm³/mol. The van der Waals surface area contributed by atoms with Gasteiger partial charge in [0, 0.05) is 54.9 Å². The minimum atomic E-state index is -5.55. The molecule has 5 rings (SSSR count). The fraction of sp³-hybridized carbons (Fsp3) is 0.816. The van der Waals surface area contributed by atoms with Crippen LogP contribution in [0, 0.1) is 23.2 Å². The first kappa shape index (κ1) is 42.2. The van der Waals surface area contributed by atoms with Crippen molar-refractivity contribution in [1.82, 2.24) is 9.80 Å². The van der Waals surface area contributed by atoms with Crippen molar-refractivity contribution in [2.24, 2.45) is 23.2 Å². The van der Waals surface area contributed by atoms with Gasteiger partial charge in [0.05, 0.1) is 6.10 Å². The van der Waals surface area contributed by atoms with E-state index < -0.39 is 35.7 Å². The first-order chi connectivity index (χ1) is 23.7. The number of hydrogen-bond donors (Lipinski definition) is 1. The van der Waals surface area contributed by atoms with Crippen molar-refractivity contribution in [1.29, 1.82) is 0 Å². The van der Waals surface area contributed by atoms with Gasteiger partial charge in [-0.05, 0) is 111 Å². The quantitative estimate of drug-likeness (QED) is 0.142. The lowest BCUT2D eigenvalue weighted by molar-refractivity contribution is -0.284. The number of fused-ring (bicyclic) bond motifs is 5. The number of carbonyl (C=O) groups is 1. The van der Waals surface area contributed by atoms with Crippen molar-refractivity contribution in [3.05, 3.63) is 29.3 Å². The third kappa shape index (κ3) is 10.4. The number of alkyl halides is 5. The van der Waals surface area contributed by atoms with E-state index in [4.69, 9.17) is 4.74 Å². The van der Waals surface area contributed by atoms with E-state index in [0.29, 0.717) is 54.7 Å². The van der Waals surface area contributed by atoms with E-state index in [1.807, 2.05) is 6.07 Å². The molecule has 0 aromatic heterocycles. The Morgan fingerprint density at radius 1 is 0.941 bits per heavy atom. The van der Waals surface area contributed by atoms with Gasteiger partial charge in [-0.1, -0.05) is 51.5 Å². The van der Waals surface area contributed by atoms with Crippen LogP contribution in [0.25, 0.3) is 0 Å². The third-order valence-corrected chi connectivity index (χ3v) is 14.0. The van der Waals surface area contributed by atoms with Gasteiger partial charge < -0.3 is 19.6 Å². The zero-order chi connectivity index (χ0) is 36.1. The first-order valence-corrected chi connectivity index (χ1v) is 20.4. The summed E-state index contributed by atoms with van der Waals surface area (Å²) in [5.74, 6) is -1.86. The maximum Gasteiger partial charge on any atom is 0.453 e. The highest BCUT2D eigenvalue weighted by molar-refractivity contribution is 7.84. The third-order valence-electron chi connectivity index (χ3n) is 12.5. The van der Waals surface area contributed by atoms with E-state index in [1.165, 1.54) is 11.1 Å². The average molecular weight is 769 g/mol. The number of aliphatic hydroxyl groups is 1. The molecule has 7 atom stereocenters. The van der Waals surface area contributed by atoms with Crippen LogP contribution < -0.4 is 4.74 Å². The van der Waals surface area contributed by atoms with Crippen LogP contribution in [0.2, 0.25) is 0 Å². The molecule has 292 valence electrons. The van der Waals surface area contributed by atoms with E-state index in [1.54, 1.807) is 4.90 Å². The van der Waals surface area contributed by atoms with Crippen molar-refractivity contribution in [3.8, 4) is 5.75 Å². The first-order valence-electron chi connectivity index (χ1n) is 19.0. The highest BCUT2D eigenvalue weighted by Crippen LogP contribution is 2.62. The van der Waals surface area contributed by atoms with Crippen LogP contribution in [0.4, 0.5) is 26.7 Å². The highest BCUT2D eigenvalue weighted by atomic mass is 35.5. The number of halogens is 6. The van der Waals surface area contributed by atoms with Gasteiger partial charge in [0.15, 0.2) is 0 Å². The number of nitrogens with zero attached hydrogens (tertiary/aromatic N) is 2. The zero-order valence-electron chi connectivity index (χ0n) is 30.2. The second-order valence-electron chi connectivity index (χ2n) is 15.8. The second-order valence-corrected chi connectivity index (χ2v) is 17.5. The summed E-state index contributed by atoms with van der Waals surface area (Å²) in [5.41, 5.74) is 2.68. The topological polar surface area (TPSA) is 70.1 Å². The maximum atomic E-state index is 13.0. The van der Waals surface area contributed by atoms with Crippen LogP contribution in [0.15, 0.2) is 18.2 Å². The summed E-state index contributed by atoms with van der Waals surface area (Å²) in [5, 5.41) is 11.0. The Hall–Kier alpha value is -1.50. The predicted octanol–water partition coefficient (Wildman–Crippen LogP) is 9.15. The van der Waals surface area contributed by atoms with Gasteiger partial charge in [-0.15, -0.1) is 12.4 Å². The standard InChI is InChI=1S/C38H57F5N2O4S.ClH/c1-36-18-16-31-30-13-12-29(49-35(47)45-21-19-44(2)20-22-45)26-28(30)25-27(34(31)32(36)14-15-33(36)46)11-8-6-4-3-5-7-9-23-50(48)24-10-17-37(39,40)38(41,42)43;/h12-13,26-27,31-34,46H,3-11,14-25H2,1-2H3;1H. The molecule has 3 aliphatic carbocycles. The van der Waals surface area contributed by atoms with E-state index >= 15 is 0 Å². The maximum absolute atomic E-state index is 13.0. The molecule has 13 heteroatoms. The molecule has 0 bridgehead atoms. The summed E-state index contributed by atoms with van der Waals surface area (Å²) in [6.07, 6.45) is 5.31. The van der Waals surface area contributed by atoms with Gasteiger partial charge in [0.1, 0.15) is 5.75 Å². The number of carbonyl (C=O) groups excluding carboxylic acids is 1. The number of likely N-dealkylation sites (N-methyl/N-ethyl adjacent to an activating group) is 1. The Morgan fingerprint density at radius 2 is 1.59 bits per heavy atom. The number of unbranched alkanes of at least 4 members (excludes halogenated alkanes) is 6. The SMILES string of the molecule is CN1CCN(C(=O)Oc2ccc3c(c2)CC(CCCCCCCCCS(=O)CCCC(F)(F)C(F)(F)F)C2C3CCC3(C)C(O)CCC23)CC1.Cl. The fourth-order valence-corrected chi connectivity index (χ4v) is 10.7. The molecule has 3 fully saturated rings. The van der Waals surface area contributed by atoms with E-state index in [2.05, 4.69) is 31.0 Å². The van der Waals surface area contributed by atoms with Crippen LogP contribution in [0.3, 0.4) is 0 Å². The highest BCUT2D eigenvalue weighted by Gasteiger charge is 2.57. The van der Waals surface area contributed by atoms with Gasteiger partial charge in [0.2, 0.25) is 0 Å². The lowest BCUT2D eigenvalue weighted by Gasteiger charge is -2.53. The van der Waals surface area contributed by atoms with Crippen molar-refractivity contribution >= 4 is 29.3 Å². The Balaban J connectivity index is 0.00000583. The van der Waals surface area contributed by atoms with Crippen LogP contribution in [-0.4, -0.2) is 88.1 Å². The smallest absolute Gasteiger partial charge is 0.410 e. The molecule has 0 spiro atoms. The number of hydrogen-bond acceptors (Lipinski definition) is 5. The molecule has 1 amide bonds. The number of amides is 1. The van der Waals surface area contributed by atoms with Crippen molar-refractivity contribution in [3.63, 3.8) is 0 Å². The largest absolute Gasteiger partial charge is 0.453 e. The summed E-state index contributed by atoms with van der Waals surface area (Å²) in [6.45, 7) is 5.33. The summed E-state index contributed by atoms with van der Waals surface area (Å²) >= 11 is 0. The van der Waals surface area contributed by atoms with Crippen molar-refractivity contribution in [2.45, 2.75) is 127 Å². The molecule has 6 nitrogen and oxygen atoms in total. The molecule has 4 aliphatic rings. The van der Waals surface area contributed by atoms with Gasteiger partial charge in [-0.25, -0.2) is 4.79 Å². The van der Waals surface area contributed by atoms with Crippen LogP contribution in [0.1, 0.15) is 114 Å². The lowest BCUT2D eigenvalue weighted by Crippen LogP contribution is -2.48. The van der Waals surface area contributed by atoms with Gasteiger partial charge >= 0.3 is 18.2 Å². The molecule has 1 N–H and O–H groups in total. The monoisotopic (exact) mass is 768 g/mol. The number of ether oxygens (including phenoxy) is 1. The van der Waals surface area contributed by atoms with E-state index in [-0.39, 0.29) is 35.8 Å². The molecular weight excluding hydrogens is 711 g/mol. The lowest BCUT2D eigenvalue weighted by atomic mass is 9.52. The van der Waals surface area contributed by atoms with Crippen molar-refractivity contribution in [2.75, 3.05) is 44.7 Å². The Kier molecular flexibility index (Phi) is 15.1. The molecule has 7 unspecified atom stereocenters. The molecule has 1 aromatic rings. The Labute approximate surface area is 309 Å². The fourth-order valence-electron chi connectivity index (χ4n) is 9.49. The number of rotatable bonds is 15. The number of piperazine rings is 1. The summed E-state index contributed by atoms with van der Waals surface area (Å²) in [4.78, 5) is 16.9. The Morgan fingerprint density at radius 3 is 2.27 bits per heavy atom. The van der Waals surface area contributed by atoms with Crippen LogP contribution in [-0.2, 0) is 17.2 Å². The molecule has 0 radical (unpaired) electrons. The molecule has 1 aliphatic heterocycles. The summed E-state index contributed by atoms with van der Waals surface area (Å²) in [6, 6.07) is 6.28. The molecule has 1 aromatic carbocycles. The van der Waals surface area contributed by atoms with E-state index in [0.717, 1.165) is 90.1 Å². The molecule has 1 heterocycles. The minimum absolute atomic E-state index is 0. The summed E-state index contributed by atoms with van der Waals surface area (Å²) < 4.78 is 81.0. The van der Waals surface area contributed by atoms with Crippen molar-refractivity contribution < 1.29 is 40.8 Å². The van der Waals surface area contributed by atoms with Gasteiger partial charge in [0.25, 0.3) is 0 Å². The molecular formula is C38H58ClF5N2O4S. The Bertz CT molecular complexity index is 1310. The summed E-state index contributed by atoms with van der Waals surface area (Å²) in [7, 11) is 0.685. The molecule has 2 saturated carbocycles.